The lowest BCUT2D eigenvalue weighted by Gasteiger charge is -2.20. The van der Waals surface area contributed by atoms with Crippen molar-refractivity contribution in [3.8, 4) is 0 Å². The van der Waals surface area contributed by atoms with E-state index >= 15 is 0 Å². The van der Waals surface area contributed by atoms with E-state index in [0.717, 1.165) is 16.3 Å². The maximum atomic E-state index is 12.2. The van der Waals surface area contributed by atoms with Crippen molar-refractivity contribution < 1.29 is 14.7 Å². The van der Waals surface area contributed by atoms with E-state index in [-0.39, 0.29) is 5.91 Å². The van der Waals surface area contributed by atoms with Crippen molar-refractivity contribution in [3.05, 3.63) is 15.6 Å². The van der Waals surface area contributed by atoms with E-state index in [1.165, 1.54) is 16.2 Å². The minimum Gasteiger partial charge on any atom is -0.480 e. The van der Waals surface area contributed by atoms with Crippen LogP contribution in [0.25, 0.3) is 0 Å². The van der Waals surface area contributed by atoms with E-state index in [1.54, 1.807) is 0 Å². The zero-order valence-electron chi connectivity index (χ0n) is 9.77. The molecule has 0 radical (unpaired) electrons. The molecule has 1 aliphatic rings. The molecule has 1 aromatic heterocycles. The molecule has 0 saturated carbocycles. The molecule has 2 heterocycles. The van der Waals surface area contributed by atoms with Gasteiger partial charge in [-0.1, -0.05) is 0 Å². The Morgan fingerprint density at radius 2 is 2.18 bits per heavy atom. The van der Waals surface area contributed by atoms with Crippen LogP contribution in [-0.2, 0) is 4.79 Å². The van der Waals surface area contributed by atoms with Gasteiger partial charge in [0.25, 0.3) is 5.91 Å². The number of hydrogen-bond donors (Lipinski definition) is 1. The number of carbonyl (C=O) groups is 2. The van der Waals surface area contributed by atoms with Crippen LogP contribution in [0.1, 0.15) is 33.2 Å². The van der Waals surface area contributed by atoms with Gasteiger partial charge in [0.05, 0.1) is 5.01 Å². The van der Waals surface area contributed by atoms with E-state index < -0.39 is 12.0 Å². The molecule has 2 rings (SSSR count). The number of aliphatic carboxylic acids is 1. The van der Waals surface area contributed by atoms with Gasteiger partial charge in [-0.05, 0) is 26.7 Å². The van der Waals surface area contributed by atoms with Crippen LogP contribution in [0.2, 0.25) is 0 Å². The second kappa shape index (κ2) is 4.44. The van der Waals surface area contributed by atoms with Crippen molar-refractivity contribution in [1.29, 1.82) is 0 Å². The molecule has 0 aromatic carbocycles. The quantitative estimate of drug-likeness (QED) is 0.867. The molecule has 1 aromatic rings. The number of hydrogen-bond acceptors (Lipinski definition) is 4. The number of carbonyl (C=O) groups excluding carboxylic acids is 1. The zero-order chi connectivity index (χ0) is 12.6. The Balaban J connectivity index is 2.25. The summed E-state index contributed by atoms with van der Waals surface area (Å²) in [6, 6.07) is -0.691. The minimum absolute atomic E-state index is 0.253. The van der Waals surface area contributed by atoms with Gasteiger partial charge < -0.3 is 10.0 Å². The predicted octanol–water partition coefficient (Wildman–Crippen LogP) is 1.45. The van der Waals surface area contributed by atoms with Gasteiger partial charge >= 0.3 is 5.97 Å². The number of aromatic nitrogens is 1. The van der Waals surface area contributed by atoms with Gasteiger partial charge in [-0.2, -0.15) is 0 Å². The Bertz CT molecular complexity index is 469. The van der Waals surface area contributed by atoms with Gasteiger partial charge in [-0.3, -0.25) is 4.79 Å². The van der Waals surface area contributed by atoms with Crippen molar-refractivity contribution in [2.75, 3.05) is 6.54 Å². The molecule has 0 spiro atoms. The maximum Gasteiger partial charge on any atom is 0.326 e. The summed E-state index contributed by atoms with van der Waals surface area (Å²) in [6.07, 6.45) is 1.27. The summed E-state index contributed by atoms with van der Waals surface area (Å²) >= 11 is 1.46. The van der Waals surface area contributed by atoms with Crippen molar-refractivity contribution in [3.63, 3.8) is 0 Å². The highest BCUT2D eigenvalue weighted by molar-refractivity contribution is 7.11. The first-order valence-electron chi connectivity index (χ1n) is 5.48. The summed E-state index contributed by atoms with van der Waals surface area (Å²) in [5, 5.41) is 9.87. The van der Waals surface area contributed by atoms with E-state index in [2.05, 4.69) is 4.98 Å². The molecule has 1 atom stereocenters. The normalized spacial score (nSPS) is 19.6. The number of rotatable bonds is 2. The fourth-order valence-electron chi connectivity index (χ4n) is 2.13. The Kier molecular flexibility index (Phi) is 3.15. The molecule has 1 aliphatic heterocycles. The van der Waals surface area contributed by atoms with Crippen molar-refractivity contribution >= 4 is 23.2 Å². The molecule has 5 nitrogen and oxygen atoms in total. The monoisotopic (exact) mass is 254 g/mol. The number of likely N-dealkylation sites (tertiary alicyclic amines) is 1. The van der Waals surface area contributed by atoms with Crippen LogP contribution in [0.4, 0.5) is 0 Å². The maximum absolute atomic E-state index is 12.2. The van der Waals surface area contributed by atoms with E-state index in [0.29, 0.717) is 18.7 Å². The van der Waals surface area contributed by atoms with Crippen molar-refractivity contribution in [2.24, 2.45) is 0 Å². The van der Waals surface area contributed by atoms with Gasteiger partial charge in [-0.15, -0.1) is 11.3 Å². The zero-order valence-corrected chi connectivity index (χ0v) is 10.6. The van der Waals surface area contributed by atoms with Gasteiger partial charge in [0.1, 0.15) is 11.7 Å². The lowest BCUT2D eigenvalue weighted by atomic mass is 10.2. The molecule has 92 valence electrons. The molecule has 0 bridgehead atoms. The molecule has 1 amide bonds. The third kappa shape index (κ3) is 2.17. The topological polar surface area (TPSA) is 70.5 Å². The van der Waals surface area contributed by atoms with Crippen LogP contribution in [0.5, 0.6) is 0 Å². The fraction of sp³-hybridized carbons (Fsp3) is 0.545. The molecule has 1 N–H and O–H groups in total. The van der Waals surface area contributed by atoms with E-state index in [4.69, 9.17) is 5.11 Å². The molecular weight excluding hydrogens is 240 g/mol. The number of carboxylic acid groups (broad SMARTS) is 1. The number of carboxylic acids is 1. The van der Waals surface area contributed by atoms with Crippen LogP contribution in [-0.4, -0.2) is 39.5 Å². The van der Waals surface area contributed by atoms with Gasteiger partial charge in [-0.25, -0.2) is 9.78 Å². The van der Waals surface area contributed by atoms with Crippen LogP contribution in [0.15, 0.2) is 0 Å². The van der Waals surface area contributed by atoms with Crippen LogP contribution < -0.4 is 0 Å². The molecule has 17 heavy (non-hydrogen) atoms. The van der Waals surface area contributed by atoms with E-state index in [1.807, 2.05) is 13.8 Å². The number of thiazole rings is 1. The largest absolute Gasteiger partial charge is 0.480 e. The average molecular weight is 254 g/mol. The first-order chi connectivity index (χ1) is 8.00. The summed E-state index contributed by atoms with van der Waals surface area (Å²) in [5.41, 5.74) is 0.403. The number of nitrogens with zero attached hydrogens (tertiary/aromatic N) is 2. The van der Waals surface area contributed by atoms with Crippen molar-refractivity contribution in [2.45, 2.75) is 32.7 Å². The standard InChI is InChI=1S/C11H14N2O3S/c1-6-9(12-7(2)17-6)10(14)13-5-3-4-8(13)11(15)16/h8H,3-5H2,1-2H3,(H,15,16)/t8-/m1/s1. The smallest absolute Gasteiger partial charge is 0.326 e. The lowest BCUT2D eigenvalue weighted by Crippen LogP contribution is -2.40. The average Bonchev–Trinajstić information content (AvgIpc) is 2.83. The van der Waals surface area contributed by atoms with Gasteiger partial charge in [0.15, 0.2) is 0 Å². The third-order valence-electron chi connectivity index (χ3n) is 2.90. The Labute approximate surface area is 103 Å². The Morgan fingerprint density at radius 3 is 2.71 bits per heavy atom. The first kappa shape index (κ1) is 12.0. The molecule has 0 unspecified atom stereocenters. The van der Waals surface area contributed by atoms with Crippen LogP contribution in [0.3, 0.4) is 0 Å². The highest BCUT2D eigenvalue weighted by Crippen LogP contribution is 2.23. The highest BCUT2D eigenvalue weighted by atomic mass is 32.1. The van der Waals surface area contributed by atoms with Crippen LogP contribution in [0, 0.1) is 13.8 Å². The summed E-state index contributed by atoms with van der Waals surface area (Å²) in [5.74, 6) is -1.18. The lowest BCUT2D eigenvalue weighted by molar-refractivity contribution is -0.141. The Morgan fingerprint density at radius 1 is 1.47 bits per heavy atom. The molecular formula is C11H14N2O3S. The predicted molar refractivity (Wildman–Crippen MR) is 63.3 cm³/mol. The summed E-state index contributed by atoms with van der Waals surface area (Å²) in [4.78, 5) is 29.7. The summed E-state index contributed by atoms with van der Waals surface area (Å²) < 4.78 is 0. The molecule has 1 saturated heterocycles. The van der Waals surface area contributed by atoms with E-state index in [9.17, 15) is 9.59 Å². The Hall–Kier alpha value is -1.43. The molecule has 0 aliphatic carbocycles. The second-order valence-electron chi connectivity index (χ2n) is 4.13. The summed E-state index contributed by atoms with van der Waals surface area (Å²) in [6.45, 7) is 4.18. The second-order valence-corrected chi connectivity index (χ2v) is 5.54. The van der Waals surface area contributed by atoms with Gasteiger partial charge in [0, 0.05) is 11.4 Å². The van der Waals surface area contributed by atoms with Gasteiger partial charge in [0.2, 0.25) is 0 Å². The third-order valence-corrected chi connectivity index (χ3v) is 3.79. The SMILES string of the molecule is Cc1nc(C(=O)N2CCC[C@@H]2C(=O)O)c(C)s1. The minimum atomic E-state index is -0.930. The number of aryl methyl sites for hydroxylation is 2. The first-order valence-corrected chi connectivity index (χ1v) is 6.30. The number of amides is 1. The molecule has 1 fully saturated rings. The summed E-state index contributed by atoms with van der Waals surface area (Å²) in [7, 11) is 0. The van der Waals surface area contributed by atoms with Crippen LogP contribution >= 0.6 is 11.3 Å². The van der Waals surface area contributed by atoms with Crippen molar-refractivity contribution in [1.82, 2.24) is 9.88 Å². The molecule has 6 heteroatoms. The fourth-order valence-corrected chi connectivity index (χ4v) is 2.94. The highest BCUT2D eigenvalue weighted by Gasteiger charge is 2.35.